The standard InChI is InChI=1S/C24H17FN4O3S/c25-17-8-1-2-10-19(17)28-23(22(27-24(28)33)18-9-3-4-13-26-18)21-12-11-20(32-21)15-6-5-7-16(14-15)29(30)31/h1-14,22-23H,(H,27,33)/t22-,23+/m0/s1. The summed E-state index contributed by atoms with van der Waals surface area (Å²) in [7, 11) is 0. The molecule has 0 unspecified atom stereocenters. The molecule has 1 N–H and O–H groups in total. The monoisotopic (exact) mass is 460 g/mol. The lowest BCUT2D eigenvalue weighted by Crippen LogP contribution is -2.30. The summed E-state index contributed by atoms with van der Waals surface area (Å²) >= 11 is 5.59. The number of nitrogens with zero attached hydrogens (tertiary/aromatic N) is 3. The summed E-state index contributed by atoms with van der Waals surface area (Å²) in [6.07, 6.45) is 1.68. The molecule has 1 aliphatic heterocycles. The maximum atomic E-state index is 14.8. The molecule has 7 nitrogen and oxygen atoms in total. The van der Waals surface area contributed by atoms with Gasteiger partial charge in [0.05, 0.1) is 22.3 Å². The molecule has 2 atom stereocenters. The highest BCUT2D eigenvalue weighted by Crippen LogP contribution is 2.43. The van der Waals surface area contributed by atoms with Crippen molar-refractivity contribution in [2.75, 3.05) is 4.90 Å². The number of halogens is 1. The Labute approximate surface area is 193 Å². The first-order valence-corrected chi connectivity index (χ1v) is 10.5. The van der Waals surface area contributed by atoms with E-state index in [2.05, 4.69) is 10.3 Å². The zero-order valence-electron chi connectivity index (χ0n) is 17.1. The lowest BCUT2D eigenvalue weighted by Gasteiger charge is -2.26. The number of nitro groups is 1. The van der Waals surface area contributed by atoms with Crippen LogP contribution in [0, 0.1) is 15.9 Å². The van der Waals surface area contributed by atoms with Crippen molar-refractivity contribution in [2.45, 2.75) is 12.1 Å². The number of furan rings is 1. The second kappa shape index (κ2) is 8.44. The van der Waals surface area contributed by atoms with Gasteiger partial charge in [0, 0.05) is 23.9 Å². The van der Waals surface area contributed by atoms with E-state index in [1.165, 1.54) is 18.2 Å². The van der Waals surface area contributed by atoms with Gasteiger partial charge in [-0.25, -0.2) is 4.39 Å². The van der Waals surface area contributed by atoms with E-state index in [1.54, 1.807) is 53.6 Å². The molecule has 0 radical (unpaired) electrons. The number of non-ortho nitro benzene ring substituents is 1. The molecule has 1 fully saturated rings. The van der Waals surface area contributed by atoms with E-state index in [0.717, 1.165) is 5.69 Å². The number of hydrogen-bond acceptors (Lipinski definition) is 5. The van der Waals surface area contributed by atoms with Crippen molar-refractivity contribution < 1.29 is 13.7 Å². The van der Waals surface area contributed by atoms with Crippen LogP contribution in [0.3, 0.4) is 0 Å². The van der Waals surface area contributed by atoms with Crippen LogP contribution in [0.15, 0.2) is 89.5 Å². The van der Waals surface area contributed by atoms with Crippen molar-refractivity contribution in [3.8, 4) is 11.3 Å². The number of aromatic nitrogens is 1. The van der Waals surface area contributed by atoms with Crippen molar-refractivity contribution in [1.29, 1.82) is 0 Å². The second-order valence-corrected chi connectivity index (χ2v) is 7.84. The molecule has 4 aromatic rings. The van der Waals surface area contributed by atoms with Gasteiger partial charge in [-0.1, -0.05) is 30.3 Å². The number of para-hydroxylation sites is 1. The lowest BCUT2D eigenvalue weighted by atomic mass is 10.0. The first kappa shape index (κ1) is 20.8. The zero-order chi connectivity index (χ0) is 22.9. The van der Waals surface area contributed by atoms with Crippen LogP contribution in [-0.2, 0) is 0 Å². The summed E-state index contributed by atoms with van der Waals surface area (Å²) < 4.78 is 21.0. The van der Waals surface area contributed by atoms with E-state index in [4.69, 9.17) is 16.6 Å². The van der Waals surface area contributed by atoms with Gasteiger partial charge in [0.25, 0.3) is 5.69 Å². The van der Waals surface area contributed by atoms with Gasteiger partial charge in [0.1, 0.15) is 23.4 Å². The second-order valence-electron chi connectivity index (χ2n) is 7.46. The van der Waals surface area contributed by atoms with E-state index < -0.39 is 22.8 Å². The molecule has 5 rings (SSSR count). The van der Waals surface area contributed by atoms with E-state index in [1.807, 2.05) is 18.2 Å². The predicted molar refractivity (Wildman–Crippen MR) is 125 cm³/mol. The van der Waals surface area contributed by atoms with Gasteiger partial charge < -0.3 is 14.6 Å². The average Bonchev–Trinajstić information content (AvgIpc) is 3.45. The molecule has 164 valence electrons. The van der Waals surface area contributed by atoms with Crippen LogP contribution in [0.5, 0.6) is 0 Å². The summed E-state index contributed by atoms with van der Waals surface area (Å²) in [5, 5.41) is 14.8. The van der Waals surface area contributed by atoms with Crippen LogP contribution in [0.2, 0.25) is 0 Å². The Bertz CT molecular complexity index is 1340. The van der Waals surface area contributed by atoms with Gasteiger partial charge in [-0.15, -0.1) is 0 Å². The molecule has 3 heterocycles. The molecule has 0 aliphatic carbocycles. The Balaban J connectivity index is 1.60. The summed E-state index contributed by atoms with van der Waals surface area (Å²) in [6.45, 7) is 0. The molecule has 1 aliphatic rings. The fourth-order valence-corrected chi connectivity index (χ4v) is 4.33. The topological polar surface area (TPSA) is 84.4 Å². The third-order valence-corrected chi connectivity index (χ3v) is 5.78. The molecular weight excluding hydrogens is 443 g/mol. The van der Waals surface area contributed by atoms with Crippen LogP contribution in [0.25, 0.3) is 11.3 Å². The predicted octanol–water partition coefficient (Wildman–Crippen LogP) is 5.57. The first-order chi connectivity index (χ1) is 16.0. The number of nitrogens with one attached hydrogen (secondary N) is 1. The summed E-state index contributed by atoms with van der Waals surface area (Å²) in [5.41, 5.74) is 1.56. The Morgan fingerprint density at radius 1 is 1.06 bits per heavy atom. The van der Waals surface area contributed by atoms with E-state index in [-0.39, 0.29) is 5.69 Å². The fraction of sp³-hybridized carbons (Fsp3) is 0.0833. The minimum absolute atomic E-state index is 0.0338. The van der Waals surface area contributed by atoms with E-state index >= 15 is 0 Å². The molecular formula is C24H17FN4O3S. The van der Waals surface area contributed by atoms with Gasteiger partial charge >= 0.3 is 0 Å². The molecule has 1 saturated heterocycles. The summed E-state index contributed by atoms with van der Waals surface area (Å²) in [4.78, 5) is 16.9. The Morgan fingerprint density at radius 2 is 1.88 bits per heavy atom. The Morgan fingerprint density at radius 3 is 2.64 bits per heavy atom. The number of hydrogen-bond donors (Lipinski definition) is 1. The lowest BCUT2D eigenvalue weighted by molar-refractivity contribution is -0.384. The van der Waals surface area contributed by atoms with Crippen molar-refractivity contribution in [3.63, 3.8) is 0 Å². The minimum atomic E-state index is -0.531. The average molecular weight is 460 g/mol. The Hall–Kier alpha value is -4.11. The number of rotatable bonds is 5. The maximum absolute atomic E-state index is 14.8. The maximum Gasteiger partial charge on any atom is 0.270 e. The Kier molecular flexibility index (Phi) is 5.31. The van der Waals surface area contributed by atoms with Crippen LogP contribution in [-0.4, -0.2) is 15.0 Å². The summed E-state index contributed by atoms with van der Waals surface area (Å²) in [5.74, 6) is 0.557. The van der Waals surface area contributed by atoms with Crippen molar-refractivity contribution in [1.82, 2.24) is 10.3 Å². The number of anilines is 1. The van der Waals surface area contributed by atoms with Crippen molar-refractivity contribution in [2.24, 2.45) is 0 Å². The largest absolute Gasteiger partial charge is 0.459 e. The van der Waals surface area contributed by atoms with Crippen LogP contribution < -0.4 is 10.2 Å². The molecule has 2 aromatic carbocycles. The third kappa shape index (κ3) is 3.83. The van der Waals surface area contributed by atoms with Gasteiger partial charge in [-0.05, 0) is 48.6 Å². The molecule has 0 saturated carbocycles. The van der Waals surface area contributed by atoms with E-state index in [0.29, 0.717) is 27.9 Å². The SMILES string of the molecule is O=[N+]([O-])c1cccc(-c2ccc([C@@H]3[C@H](c4ccccn4)NC(=S)N3c3ccccc3F)o2)c1. The van der Waals surface area contributed by atoms with Crippen LogP contribution >= 0.6 is 12.2 Å². The number of thiocarbonyl (C=S) groups is 1. The highest BCUT2D eigenvalue weighted by Gasteiger charge is 2.43. The molecule has 33 heavy (non-hydrogen) atoms. The number of pyridine rings is 1. The number of nitro benzene ring substituents is 1. The fourth-order valence-electron chi connectivity index (χ4n) is 3.99. The van der Waals surface area contributed by atoms with Gasteiger partial charge in [-0.2, -0.15) is 0 Å². The molecule has 0 bridgehead atoms. The molecule has 9 heteroatoms. The van der Waals surface area contributed by atoms with Gasteiger partial charge in [0.15, 0.2) is 5.11 Å². The minimum Gasteiger partial charge on any atom is -0.459 e. The van der Waals surface area contributed by atoms with Crippen LogP contribution in [0.4, 0.5) is 15.8 Å². The highest BCUT2D eigenvalue weighted by molar-refractivity contribution is 7.80. The smallest absolute Gasteiger partial charge is 0.270 e. The zero-order valence-corrected chi connectivity index (χ0v) is 17.9. The normalized spacial score (nSPS) is 17.7. The quantitative estimate of drug-likeness (QED) is 0.237. The first-order valence-electron chi connectivity index (χ1n) is 10.1. The third-order valence-electron chi connectivity index (χ3n) is 5.47. The summed E-state index contributed by atoms with van der Waals surface area (Å²) in [6, 6.07) is 20.7. The van der Waals surface area contributed by atoms with Gasteiger partial charge in [-0.3, -0.25) is 15.1 Å². The molecule has 0 amide bonds. The highest BCUT2D eigenvalue weighted by atomic mass is 32.1. The molecule has 2 aromatic heterocycles. The number of benzene rings is 2. The van der Waals surface area contributed by atoms with Gasteiger partial charge in [0.2, 0.25) is 0 Å². The molecule has 0 spiro atoms. The van der Waals surface area contributed by atoms with Crippen LogP contribution in [0.1, 0.15) is 23.5 Å². The van der Waals surface area contributed by atoms with Crippen molar-refractivity contribution in [3.05, 3.63) is 112 Å². The van der Waals surface area contributed by atoms with E-state index in [9.17, 15) is 14.5 Å². The van der Waals surface area contributed by atoms with Crippen molar-refractivity contribution >= 4 is 28.7 Å².